The normalized spacial score (nSPS) is 19.6. The van der Waals surface area contributed by atoms with Gasteiger partial charge in [-0.15, -0.1) is 0 Å². The van der Waals surface area contributed by atoms with Crippen molar-refractivity contribution in [3.63, 3.8) is 0 Å². The van der Waals surface area contributed by atoms with Crippen LogP contribution in [0, 0.1) is 5.92 Å². The van der Waals surface area contributed by atoms with Crippen molar-refractivity contribution in [1.82, 2.24) is 10.3 Å². The van der Waals surface area contributed by atoms with Crippen LogP contribution in [0.4, 0.5) is 24.5 Å². The summed E-state index contributed by atoms with van der Waals surface area (Å²) in [7, 11) is 0. The van der Waals surface area contributed by atoms with Gasteiger partial charge in [0.25, 0.3) is 0 Å². The van der Waals surface area contributed by atoms with Crippen molar-refractivity contribution in [1.29, 1.82) is 0 Å². The fraction of sp³-hybridized carbons (Fsp3) is 0.333. The highest BCUT2D eigenvalue weighted by Gasteiger charge is 2.42. The van der Waals surface area contributed by atoms with E-state index >= 15 is 0 Å². The van der Waals surface area contributed by atoms with Gasteiger partial charge in [0, 0.05) is 55.9 Å². The van der Waals surface area contributed by atoms with E-state index in [2.05, 4.69) is 20.1 Å². The summed E-state index contributed by atoms with van der Waals surface area (Å²) in [6, 6.07) is 19.5. The molecule has 0 saturated carbocycles. The first-order valence-electron chi connectivity index (χ1n) is 11.8. The highest BCUT2D eigenvalue weighted by Crippen LogP contribution is 2.40. The Morgan fingerprint density at radius 1 is 1.03 bits per heavy atom. The third-order valence-electron chi connectivity index (χ3n) is 6.90. The van der Waals surface area contributed by atoms with Crippen molar-refractivity contribution in [2.75, 3.05) is 36.0 Å². The van der Waals surface area contributed by atoms with Crippen molar-refractivity contribution < 1.29 is 18.0 Å². The molecule has 1 aromatic heterocycles. The molecule has 0 aliphatic carbocycles. The molecule has 3 heterocycles. The number of nitrogens with one attached hydrogen (secondary N) is 1. The number of benzene rings is 2. The van der Waals surface area contributed by atoms with Crippen LogP contribution in [0.5, 0.6) is 0 Å². The summed E-state index contributed by atoms with van der Waals surface area (Å²) in [5, 5.41) is 3.02. The molecule has 2 unspecified atom stereocenters. The second-order valence-corrected chi connectivity index (χ2v) is 9.06. The number of amides is 1. The Labute approximate surface area is 202 Å². The van der Waals surface area contributed by atoms with Gasteiger partial charge in [0.15, 0.2) is 0 Å². The molecule has 182 valence electrons. The fourth-order valence-corrected chi connectivity index (χ4v) is 5.16. The minimum absolute atomic E-state index is 0.131. The number of fused-ring (bicyclic) bond motifs is 3. The van der Waals surface area contributed by atoms with Crippen LogP contribution >= 0.6 is 0 Å². The number of para-hydroxylation sites is 1. The SMILES string of the molecule is O=C(NCCc1ccccn1)C1Cc2cc(C(F)(F)F)ccc2N2CCN(c3ccccc3)CC12. The molecule has 5 nitrogen and oxygen atoms in total. The summed E-state index contributed by atoms with van der Waals surface area (Å²) >= 11 is 0. The van der Waals surface area contributed by atoms with Crippen LogP contribution in [0.2, 0.25) is 0 Å². The summed E-state index contributed by atoms with van der Waals surface area (Å²) in [4.78, 5) is 22.0. The zero-order chi connectivity index (χ0) is 24.4. The number of pyridine rings is 1. The summed E-state index contributed by atoms with van der Waals surface area (Å²) in [6.45, 7) is 2.42. The Hall–Kier alpha value is -3.55. The molecule has 0 bridgehead atoms. The van der Waals surface area contributed by atoms with Crippen LogP contribution in [-0.2, 0) is 23.8 Å². The highest BCUT2D eigenvalue weighted by molar-refractivity contribution is 5.82. The summed E-state index contributed by atoms with van der Waals surface area (Å²) in [5.41, 5.74) is 2.67. The predicted molar refractivity (Wildman–Crippen MR) is 129 cm³/mol. The molecule has 2 aromatic carbocycles. The molecule has 35 heavy (non-hydrogen) atoms. The molecule has 1 saturated heterocycles. The molecular formula is C27H27F3N4O. The lowest BCUT2D eigenvalue weighted by molar-refractivity contribution is -0.137. The molecule has 2 atom stereocenters. The minimum Gasteiger partial charge on any atom is -0.368 e. The molecule has 5 rings (SSSR count). The molecule has 2 aliphatic heterocycles. The van der Waals surface area contributed by atoms with Gasteiger partial charge in [-0.1, -0.05) is 24.3 Å². The number of hydrogen-bond acceptors (Lipinski definition) is 4. The van der Waals surface area contributed by atoms with Gasteiger partial charge in [-0.3, -0.25) is 9.78 Å². The van der Waals surface area contributed by atoms with Crippen LogP contribution < -0.4 is 15.1 Å². The fourth-order valence-electron chi connectivity index (χ4n) is 5.16. The zero-order valence-corrected chi connectivity index (χ0v) is 19.2. The number of halogens is 3. The largest absolute Gasteiger partial charge is 0.416 e. The molecule has 1 fully saturated rings. The molecule has 0 spiro atoms. The number of carbonyl (C=O) groups excluding carboxylic acids is 1. The summed E-state index contributed by atoms with van der Waals surface area (Å²) < 4.78 is 40.2. The Balaban J connectivity index is 1.40. The number of piperazine rings is 1. The van der Waals surface area contributed by atoms with Crippen molar-refractivity contribution in [2.24, 2.45) is 5.92 Å². The maximum atomic E-state index is 13.4. The third kappa shape index (κ3) is 4.97. The lowest BCUT2D eigenvalue weighted by Crippen LogP contribution is -2.61. The van der Waals surface area contributed by atoms with Crippen LogP contribution in [-0.4, -0.2) is 43.1 Å². The smallest absolute Gasteiger partial charge is 0.368 e. The Kier molecular flexibility index (Phi) is 6.36. The number of nitrogens with zero attached hydrogens (tertiary/aromatic N) is 3. The van der Waals surface area contributed by atoms with Gasteiger partial charge in [-0.05, 0) is 54.4 Å². The van der Waals surface area contributed by atoms with Gasteiger partial charge in [0.2, 0.25) is 5.91 Å². The average Bonchev–Trinajstić information content (AvgIpc) is 2.88. The first-order chi connectivity index (χ1) is 16.9. The van der Waals surface area contributed by atoms with Gasteiger partial charge in [-0.2, -0.15) is 13.2 Å². The number of rotatable bonds is 5. The van der Waals surface area contributed by atoms with Crippen molar-refractivity contribution >= 4 is 17.3 Å². The molecule has 8 heteroatoms. The minimum atomic E-state index is -4.42. The molecule has 3 aromatic rings. The van der Waals surface area contributed by atoms with E-state index in [1.54, 1.807) is 12.3 Å². The Morgan fingerprint density at radius 2 is 1.83 bits per heavy atom. The predicted octanol–water partition coefficient (Wildman–Crippen LogP) is 4.33. The van der Waals surface area contributed by atoms with Gasteiger partial charge >= 0.3 is 6.18 Å². The zero-order valence-electron chi connectivity index (χ0n) is 19.2. The molecular weight excluding hydrogens is 453 g/mol. The van der Waals surface area contributed by atoms with E-state index in [-0.39, 0.29) is 18.4 Å². The van der Waals surface area contributed by atoms with E-state index in [9.17, 15) is 18.0 Å². The first kappa shape index (κ1) is 23.2. The van der Waals surface area contributed by atoms with Gasteiger partial charge in [0.05, 0.1) is 17.5 Å². The van der Waals surface area contributed by atoms with E-state index in [0.717, 1.165) is 29.7 Å². The second kappa shape index (κ2) is 9.60. The van der Waals surface area contributed by atoms with Crippen molar-refractivity contribution in [2.45, 2.75) is 25.1 Å². The third-order valence-corrected chi connectivity index (χ3v) is 6.90. The number of hydrogen-bond donors (Lipinski definition) is 1. The Bertz CT molecular complexity index is 1170. The highest BCUT2D eigenvalue weighted by atomic mass is 19.4. The lowest BCUT2D eigenvalue weighted by Gasteiger charge is -2.49. The van der Waals surface area contributed by atoms with E-state index < -0.39 is 17.7 Å². The van der Waals surface area contributed by atoms with Gasteiger partial charge < -0.3 is 15.1 Å². The number of anilines is 2. The topological polar surface area (TPSA) is 48.5 Å². The first-order valence-corrected chi connectivity index (χ1v) is 11.8. The Morgan fingerprint density at radius 3 is 2.57 bits per heavy atom. The lowest BCUT2D eigenvalue weighted by atomic mass is 9.82. The quantitative estimate of drug-likeness (QED) is 0.591. The molecule has 0 radical (unpaired) electrons. The maximum Gasteiger partial charge on any atom is 0.416 e. The van der Waals surface area contributed by atoms with Gasteiger partial charge in [0.1, 0.15) is 0 Å². The maximum absolute atomic E-state index is 13.4. The van der Waals surface area contributed by atoms with Crippen molar-refractivity contribution in [3.05, 3.63) is 89.7 Å². The van der Waals surface area contributed by atoms with E-state index in [1.807, 2.05) is 48.5 Å². The average molecular weight is 481 g/mol. The number of aromatic nitrogens is 1. The van der Waals surface area contributed by atoms with Crippen molar-refractivity contribution in [3.8, 4) is 0 Å². The number of alkyl halides is 3. The summed E-state index contributed by atoms with van der Waals surface area (Å²) in [5.74, 6) is -0.588. The van der Waals surface area contributed by atoms with E-state index in [1.165, 1.54) is 6.07 Å². The second-order valence-electron chi connectivity index (χ2n) is 9.06. The van der Waals surface area contributed by atoms with E-state index in [4.69, 9.17) is 0 Å². The standard InChI is InChI=1S/C27H27F3N4O/c28-27(29,30)20-9-10-24-19(16-20)17-23(26(35)32-13-11-21-6-4-5-12-31-21)25-18-33(14-15-34(24)25)22-7-2-1-3-8-22/h1-10,12,16,23,25H,11,13-15,17-18H2,(H,32,35). The van der Waals surface area contributed by atoms with Crippen LogP contribution in [0.15, 0.2) is 72.9 Å². The summed E-state index contributed by atoms with van der Waals surface area (Å²) in [6.07, 6.45) is -1.83. The molecule has 1 amide bonds. The molecule has 2 aliphatic rings. The van der Waals surface area contributed by atoms with E-state index in [0.29, 0.717) is 31.6 Å². The monoisotopic (exact) mass is 480 g/mol. The van der Waals surface area contributed by atoms with Gasteiger partial charge in [-0.25, -0.2) is 0 Å². The van der Waals surface area contributed by atoms with Crippen LogP contribution in [0.25, 0.3) is 0 Å². The van der Waals surface area contributed by atoms with Crippen LogP contribution in [0.3, 0.4) is 0 Å². The van der Waals surface area contributed by atoms with Crippen LogP contribution in [0.1, 0.15) is 16.8 Å². The molecule has 1 N–H and O–H groups in total. The number of carbonyl (C=O) groups is 1.